The first-order chi connectivity index (χ1) is 7.06. The van der Waals surface area contributed by atoms with Crippen LogP contribution < -0.4 is 5.56 Å². The number of aromatic amines is 1. The fraction of sp³-hybridized carbons (Fsp3) is 0.400. The highest BCUT2D eigenvalue weighted by atomic mass is 16.5. The smallest absolute Gasteiger partial charge is 0.341 e. The number of carbonyl (C=O) groups is 1. The van der Waals surface area contributed by atoms with E-state index in [0.29, 0.717) is 17.9 Å². The molecule has 0 fully saturated rings. The first kappa shape index (κ1) is 11.5. The van der Waals surface area contributed by atoms with Crippen LogP contribution in [0.4, 0.5) is 0 Å². The van der Waals surface area contributed by atoms with E-state index < -0.39 is 11.5 Å². The highest BCUT2D eigenvalue weighted by molar-refractivity contribution is 5.88. The second-order valence-corrected chi connectivity index (χ2v) is 3.12. The summed E-state index contributed by atoms with van der Waals surface area (Å²) in [4.78, 5) is 24.6. The first-order valence-corrected chi connectivity index (χ1v) is 4.60. The zero-order chi connectivity index (χ0) is 11.4. The Bertz CT molecular complexity index is 422. The third kappa shape index (κ3) is 2.66. The number of aromatic nitrogens is 1. The lowest BCUT2D eigenvalue weighted by molar-refractivity contribution is 0.0693. The van der Waals surface area contributed by atoms with Crippen LogP contribution in [0.25, 0.3) is 0 Å². The van der Waals surface area contributed by atoms with Crippen molar-refractivity contribution in [1.82, 2.24) is 4.98 Å². The summed E-state index contributed by atoms with van der Waals surface area (Å²) >= 11 is 0. The Balaban J connectivity index is 3.09. The van der Waals surface area contributed by atoms with Crippen LogP contribution in [-0.4, -0.2) is 22.7 Å². The fourth-order valence-corrected chi connectivity index (χ4v) is 1.31. The number of hydrogen-bond donors (Lipinski definition) is 2. The van der Waals surface area contributed by atoms with Gasteiger partial charge in [-0.05, 0) is 25.5 Å². The van der Waals surface area contributed by atoms with E-state index in [0.717, 1.165) is 0 Å². The number of H-pyrrole nitrogens is 1. The lowest BCUT2D eigenvalue weighted by Gasteiger charge is -2.04. The number of pyridine rings is 1. The predicted molar refractivity (Wildman–Crippen MR) is 54.1 cm³/mol. The van der Waals surface area contributed by atoms with Crippen molar-refractivity contribution >= 4 is 5.97 Å². The van der Waals surface area contributed by atoms with Gasteiger partial charge in [0.05, 0.1) is 6.61 Å². The van der Waals surface area contributed by atoms with Crippen LogP contribution in [-0.2, 0) is 11.3 Å². The Morgan fingerprint density at radius 2 is 2.27 bits per heavy atom. The van der Waals surface area contributed by atoms with E-state index in [2.05, 4.69) is 4.98 Å². The molecule has 0 aliphatic rings. The summed E-state index contributed by atoms with van der Waals surface area (Å²) in [6, 6.07) is 1.61. The lowest BCUT2D eigenvalue weighted by Crippen LogP contribution is -2.21. The van der Waals surface area contributed by atoms with E-state index in [1.165, 1.54) is 0 Å². The summed E-state index contributed by atoms with van der Waals surface area (Å²) in [7, 11) is 0. The van der Waals surface area contributed by atoms with Crippen molar-refractivity contribution in [2.45, 2.75) is 20.5 Å². The van der Waals surface area contributed by atoms with Crippen LogP contribution in [0.15, 0.2) is 10.9 Å². The van der Waals surface area contributed by atoms with E-state index in [9.17, 15) is 9.59 Å². The van der Waals surface area contributed by atoms with Gasteiger partial charge < -0.3 is 14.8 Å². The van der Waals surface area contributed by atoms with Gasteiger partial charge in [-0.25, -0.2) is 4.79 Å². The summed E-state index contributed by atoms with van der Waals surface area (Å²) in [6.07, 6.45) is 0. The molecule has 82 valence electrons. The van der Waals surface area contributed by atoms with E-state index in [4.69, 9.17) is 9.84 Å². The largest absolute Gasteiger partial charge is 0.477 e. The molecule has 0 saturated carbocycles. The molecule has 0 aromatic carbocycles. The van der Waals surface area contributed by atoms with E-state index in [1.54, 1.807) is 13.0 Å². The van der Waals surface area contributed by atoms with E-state index in [1.807, 2.05) is 6.92 Å². The Morgan fingerprint density at radius 3 is 2.73 bits per heavy atom. The molecule has 0 atom stereocenters. The second-order valence-electron chi connectivity index (χ2n) is 3.12. The Morgan fingerprint density at radius 1 is 1.60 bits per heavy atom. The Hall–Kier alpha value is -1.62. The summed E-state index contributed by atoms with van der Waals surface area (Å²) in [5.41, 5.74) is 0.234. The second kappa shape index (κ2) is 4.75. The van der Waals surface area contributed by atoms with Crippen molar-refractivity contribution in [3.8, 4) is 0 Å². The van der Waals surface area contributed by atoms with Crippen molar-refractivity contribution in [2.75, 3.05) is 6.61 Å². The van der Waals surface area contributed by atoms with Crippen molar-refractivity contribution < 1.29 is 14.6 Å². The first-order valence-electron chi connectivity index (χ1n) is 4.60. The van der Waals surface area contributed by atoms with Crippen LogP contribution in [0.2, 0.25) is 0 Å². The fourth-order valence-electron chi connectivity index (χ4n) is 1.31. The summed E-state index contributed by atoms with van der Waals surface area (Å²) in [6.45, 7) is 4.26. The summed E-state index contributed by atoms with van der Waals surface area (Å²) < 4.78 is 5.11. The van der Waals surface area contributed by atoms with E-state index in [-0.39, 0.29) is 12.2 Å². The normalized spacial score (nSPS) is 10.3. The lowest BCUT2D eigenvalue weighted by atomic mass is 10.1. The Kier molecular flexibility index (Phi) is 3.62. The zero-order valence-corrected chi connectivity index (χ0v) is 8.66. The van der Waals surface area contributed by atoms with Crippen molar-refractivity contribution in [1.29, 1.82) is 0 Å². The van der Waals surface area contributed by atoms with Gasteiger partial charge in [-0.15, -0.1) is 0 Å². The number of hydrogen-bond acceptors (Lipinski definition) is 3. The molecule has 5 nitrogen and oxygen atoms in total. The van der Waals surface area contributed by atoms with Gasteiger partial charge in [0.1, 0.15) is 5.56 Å². The monoisotopic (exact) mass is 211 g/mol. The molecule has 0 bridgehead atoms. The molecule has 0 aliphatic heterocycles. The van der Waals surface area contributed by atoms with Gasteiger partial charge in [-0.3, -0.25) is 4.79 Å². The number of aryl methyl sites for hydroxylation is 1. The van der Waals surface area contributed by atoms with Gasteiger partial charge in [0.25, 0.3) is 5.56 Å². The summed E-state index contributed by atoms with van der Waals surface area (Å²) in [5.74, 6) is -1.21. The maximum absolute atomic E-state index is 11.4. The molecule has 0 amide bonds. The molecule has 0 spiro atoms. The molecule has 15 heavy (non-hydrogen) atoms. The quantitative estimate of drug-likeness (QED) is 0.776. The van der Waals surface area contributed by atoms with Gasteiger partial charge in [0, 0.05) is 12.3 Å². The third-order valence-electron chi connectivity index (χ3n) is 1.96. The predicted octanol–water partition coefficient (Wildman–Crippen LogP) is 0.918. The number of nitrogens with one attached hydrogen (secondary N) is 1. The van der Waals surface area contributed by atoms with Crippen LogP contribution in [0.5, 0.6) is 0 Å². The van der Waals surface area contributed by atoms with Crippen molar-refractivity contribution in [2.24, 2.45) is 0 Å². The molecule has 2 N–H and O–H groups in total. The molecule has 1 aromatic rings. The van der Waals surface area contributed by atoms with Gasteiger partial charge in [0.2, 0.25) is 0 Å². The van der Waals surface area contributed by atoms with Crippen molar-refractivity contribution in [3.63, 3.8) is 0 Å². The summed E-state index contributed by atoms with van der Waals surface area (Å²) in [5, 5.41) is 8.76. The van der Waals surface area contributed by atoms with Gasteiger partial charge in [-0.2, -0.15) is 0 Å². The van der Waals surface area contributed by atoms with Crippen LogP contribution in [0.1, 0.15) is 28.5 Å². The van der Waals surface area contributed by atoms with Crippen LogP contribution in [0, 0.1) is 6.92 Å². The number of carboxylic acids is 1. The number of rotatable bonds is 4. The number of ether oxygens (including phenoxy) is 1. The minimum atomic E-state index is -1.21. The molecule has 1 heterocycles. The molecule has 0 unspecified atom stereocenters. The Labute approximate surface area is 86.7 Å². The van der Waals surface area contributed by atoms with Gasteiger partial charge >= 0.3 is 5.97 Å². The standard InChI is InChI=1S/C10H13NO4/c1-3-15-5-7-4-6(2)8(10(13)14)9(12)11-7/h4H,3,5H2,1-2H3,(H,11,12)(H,13,14). The SMILES string of the molecule is CCOCc1cc(C)c(C(=O)O)c(=O)[nH]1. The third-order valence-corrected chi connectivity index (χ3v) is 1.96. The molecule has 0 saturated heterocycles. The molecule has 1 rings (SSSR count). The maximum atomic E-state index is 11.4. The zero-order valence-electron chi connectivity index (χ0n) is 8.66. The van der Waals surface area contributed by atoms with E-state index >= 15 is 0 Å². The van der Waals surface area contributed by atoms with Crippen LogP contribution in [0.3, 0.4) is 0 Å². The average molecular weight is 211 g/mol. The molecular formula is C10H13NO4. The van der Waals surface area contributed by atoms with Crippen LogP contribution >= 0.6 is 0 Å². The number of carboxylic acid groups (broad SMARTS) is 1. The van der Waals surface area contributed by atoms with Gasteiger partial charge in [-0.1, -0.05) is 0 Å². The topological polar surface area (TPSA) is 79.4 Å². The molecular weight excluding hydrogens is 198 g/mol. The maximum Gasteiger partial charge on any atom is 0.341 e. The van der Waals surface area contributed by atoms with Crippen molar-refractivity contribution in [3.05, 3.63) is 33.2 Å². The van der Waals surface area contributed by atoms with Gasteiger partial charge in [0.15, 0.2) is 0 Å². The minimum Gasteiger partial charge on any atom is -0.477 e. The number of aromatic carboxylic acids is 1. The average Bonchev–Trinajstić information content (AvgIpc) is 2.12. The molecule has 1 aromatic heterocycles. The molecule has 0 aliphatic carbocycles. The molecule has 5 heteroatoms. The highest BCUT2D eigenvalue weighted by Gasteiger charge is 2.13. The minimum absolute atomic E-state index is 0.213. The molecule has 0 radical (unpaired) electrons. The highest BCUT2D eigenvalue weighted by Crippen LogP contribution is 2.05.